The van der Waals surface area contributed by atoms with Crippen molar-refractivity contribution in [2.75, 3.05) is 13.6 Å². The summed E-state index contributed by atoms with van der Waals surface area (Å²) in [5.74, 6) is 0.656. The van der Waals surface area contributed by atoms with E-state index in [9.17, 15) is 0 Å². The van der Waals surface area contributed by atoms with Crippen LogP contribution in [0.1, 0.15) is 13.8 Å². The summed E-state index contributed by atoms with van der Waals surface area (Å²) in [5, 5.41) is 0. The van der Waals surface area contributed by atoms with Crippen LogP contribution < -0.4 is 10.9 Å². The molecule has 0 saturated heterocycles. The quantitative estimate of drug-likeness (QED) is 0.334. The maximum Gasteiger partial charge on any atom is 0.0280 e. The maximum absolute atomic E-state index is 2.97. The van der Waals surface area contributed by atoms with Crippen molar-refractivity contribution in [3.8, 4) is 0 Å². The molecule has 0 aromatic rings. The lowest BCUT2D eigenvalue weighted by molar-refractivity contribution is 0.644. The highest BCUT2D eigenvalue weighted by molar-refractivity contribution is 4.85. The molecule has 0 rings (SSSR count). The van der Waals surface area contributed by atoms with E-state index in [1.807, 2.05) is 7.05 Å². The van der Waals surface area contributed by atoms with Crippen LogP contribution in [0.5, 0.6) is 0 Å². The van der Waals surface area contributed by atoms with Gasteiger partial charge in [-0.2, -0.15) is 0 Å². The van der Waals surface area contributed by atoms with Crippen molar-refractivity contribution in [1.29, 1.82) is 0 Å². The first kappa shape index (κ1) is 8.66. The van der Waals surface area contributed by atoms with Gasteiger partial charge in [0.25, 0.3) is 0 Å². The molecule has 0 aromatic heterocycles. The third kappa shape index (κ3) is 7.66. The molecular formula is C7H16N2. The molecule has 0 aliphatic rings. The molecular weight excluding hydrogens is 112 g/mol. The lowest BCUT2D eigenvalue weighted by Gasteiger charge is -1.96. The van der Waals surface area contributed by atoms with Crippen LogP contribution >= 0.6 is 0 Å². The summed E-state index contributed by atoms with van der Waals surface area (Å²) in [6.07, 6.45) is 4.28. The number of hydrogen-bond acceptors (Lipinski definition) is 2. The van der Waals surface area contributed by atoms with Crippen LogP contribution in [0.2, 0.25) is 0 Å². The van der Waals surface area contributed by atoms with Gasteiger partial charge in [0.05, 0.1) is 0 Å². The fourth-order valence-electron chi connectivity index (χ4n) is 0.501. The van der Waals surface area contributed by atoms with Crippen LogP contribution in [0.4, 0.5) is 0 Å². The van der Waals surface area contributed by atoms with Crippen molar-refractivity contribution in [2.45, 2.75) is 13.8 Å². The minimum atomic E-state index is 0.656. The first-order valence-electron chi connectivity index (χ1n) is 3.33. The Labute approximate surface area is 57.3 Å². The molecule has 0 heterocycles. The number of hydrazine groups is 1. The van der Waals surface area contributed by atoms with E-state index in [0.29, 0.717) is 5.92 Å². The topological polar surface area (TPSA) is 24.1 Å². The summed E-state index contributed by atoms with van der Waals surface area (Å²) in [5.41, 5.74) is 5.81. The molecule has 0 saturated carbocycles. The van der Waals surface area contributed by atoms with Crippen LogP contribution in [-0.4, -0.2) is 13.6 Å². The standard InChI is InChI=1S/C7H16N2/c1-7(2)5-4-6-9-8-3/h4-5,7-9H,6H2,1-3H3/b5-4-. The molecule has 2 heteroatoms. The summed E-state index contributed by atoms with van der Waals surface area (Å²) in [7, 11) is 1.86. The van der Waals surface area contributed by atoms with Gasteiger partial charge in [-0.15, -0.1) is 0 Å². The second kappa shape index (κ2) is 5.79. The normalized spacial score (nSPS) is 11.6. The first-order valence-corrected chi connectivity index (χ1v) is 3.33. The molecule has 54 valence electrons. The second-order valence-electron chi connectivity index (χ2n) is 2.30. The first-order chi connectivity index (χ1) is 4.27. The summed E-state index contributed by atoms with van der Waals surface area (Å²) < 4.78 is 0. The molecule has 0 aromatic carbocycles. The van der Waals surface area contributed by atoms with E-state index in [1.165, 1.54) is 0 Å². The second-order valence-corrected chi connectivity index (χ2v) is 2.30. The number of rotatable bonds is 4. The smallest absolute Gasteiger partial charge is 0.0280 e. The molecule has 0 radical (unpaired) electrons. The van der Waals surface area contributed by atoms with E-state index < -0.39 is 0 Å². The Morgan fingerprint density at radius 2 is 2.11 bits per heavy atom. The number of allylic oxidation sites excluding steroid dienone is 1. The fourth-order valence-corrected chi connectivity index (χ4v) is 0.501. The van der Waals surface area contributed by atoms with E-state index in [1.54, 1.807) is 0 Å². The van der Waals surface area contributed by atoms with Gasteiger partial charge in [0, 0.05) is 6.54 Å². The lowest BCUT2D eigenvalue weighted by Crippen LogP contribution is -2.27. The zero-order valence-corrected chi connectivity index (χ0v) is 6.44. The van der Waals surface area contributed by atoms with E-state index >= 15 is 0 Å². The van der Waals surface area contributed by atoms with Gasteiger partial charge in [-0.05, 0) is 13.0 Å². The third-order valence-corrected chi connectivity index (χ3v) is 0.918. The zero-order chi connectivity index (χ0) is 7.11. The van der Waals surface area contributed by atoms with E-state index in [2.05, 4.69) is 36.9 Å². The van der Waals surface area contributed by atoms with E-state index in [-0.39, 0.29) is 0 Å². The lowest BCUT2D eigenvalue weighted by atomic mass is 10.2. The highest BCUT2D eigenvalue weighted by atomic mass is 15.3. The molecule has 0 fully saturated rings. The molecule has 0 amide bonds. The minimum Gasteiger partial charge on any atom is -0.261 e. The SMILES string of the molecule is CNNC/C=C\C(C)C. The van der Waals surface area contributed by atoms with Crippen molar-refractivity contribution >= 4 is 0 Å². The predicted octanol–water partition coefficient (Wildman–Crippen LogP) is 0.923. The van der Waals surface area contributed by atoms with Crippen LogP contribution in [-0.2, 0) is 0 Å². The molecule has 0 aliphatic heterocycles. The van der Waals surface area contributed by atoms with Crippen LogP contribution in [0, 0.1) is 5.92 Å². The van der Waals surface area contributed by atoms with Crippen molar-refractivity contribution in [3.63, 3.8) is 0 Å². The Hall–Kier alpha value is -0.340. The van der Waals surface area contributed by atoms with Crippen LogP contribution in [0.3, 0.4) is 0 Å². The van der Waals surface area contributed by atoms with E-state index in [0.717, 1.165) is 6.54 Å². The summed E-state index contributed by atoms with van der Waals surface area (Å²) >= 11 is 0. The monoisotopic (exact) mass is 128 g/mol. The summed E-state index contributed by atoms with van der Waals surface area (Å²) in [6, 6.07) is 0. The molecule has 2 N–H and O–H groups in total. The highest BCUT2D eigenvalue weighted by Gasteiger charge is 1.80. The molecule has 0 unspecified atom stereocenters. The Bertz CT molecular complexity index is 77.0. The molecule has 0 aliphatic carbocycles. The van der Waals surface area contributed by atoms with Gasteiger partial charge in [-0.3, -0.25) is 10.9 Å². The van der Waals surface area contributed by atoms with Gasteiger partial charge in [0.1, 0.15) is 0 Å². The van der Waals surface area contributed by atoms with Crippen molar-refractivity contribution in [1.82, 2.24) is 10.9 Å². The molecule has 0 spiro atoms. The summed E-state index contributed by atoms with van der Waals surface area (Å²) in [4.78, 5) is 0. The Kier molecular flexibility index (Phi) is 5.57. The van der Waals surface area contributed by atoms with Gasteiger partial charge in [0.2, 0.25) is 0 Å². The predicted molar refractivity (Wildman–Crippen MR) is 41.0 cm³/mol. The average Bonchev–Trinajstić information content (AvgIpc) is 1.80. The van der Waals surface area contributed by atoms with Gasteiger partial charge < -0.3 is 0 Å². The minimum absolute atomic E-state index is 0.656. The third-order valence-electron chi connectivity index (χ3n) is 0.918. The van der Waals surface area contributed by atoms with Crippen LogP contribution in [0.25, 0.3) is 0 Å². The number of hydrogen-bond donors (Lipinski definition) is 2. The highest BCUT2D eigenvalue weighted by Crippen LogP contribution is 1.91. The largest absolute Gasteiger partial charge is 0.261 e. The van der Waals surface area contributed by atoms with Gasteiger partial charge in [0.15, 0.2) is 0 Å². The van der Waals surface area contributed by atoms with E-state index in [4.69, 9.17) is 0 Å². The molecule has 9 heavy (non-hydrogen) atoms. The molecule has 0 atom stereocenters. The van der Waals surface area contributed by atoms with Gasteiger partial charge >= 0.3 is 0 Å². The summed E-state index contributed by atoms with van der Waals surface area (Å²) in [6.45, 7) is 5.22. The van der Waals surface area contributed by atoms with Crippen LogP contribution in [0.15, 0.2) is 12.2 Å². The Balaban J connectivity index is 3.04. The molecule has 2 nitrogen and oxygen atoms in total. The Morgan fingerprint density at radius 1 is 1.44 bits per heavy atom. The number of nitrogens with one attached hydrogen (secondary N) is 2. The Morgan fingerprint density at radius 3 is 2.56 bits per heavy atom. The van der Waals surface area contributed by atoms with Gasteiger partial charge in [-0.25, -0.2) is 0 Å². The fraction of sp³-hybridized carbons (Fsp3) is 0.714. The molecule has 0 bridgehead atoms. The van der Waals surface area contributed by atoms with Crippen molar-refractivity contribution in [2.24, 2.45) is 5.92 Å². The van der Waals surface area contributed by atoms with Crippen molar-refractivity contribution < 1.29 is 0 Å². The zero-order valence-electron chi connectivity index (χ0n) is 6.44. The average molecular weight is 128 g/mol. The maximum atomic E-state index is 2.97. The van der Waals surface area contributed by atoms with Crippen molar-refractivity contribution in [3.05, 3.63) is 12.2 Å². The van der Waals surface area contributed by atoms with Gasteiger partial charge in [-0.1, -0.05) is 26.0 Å².